The molecule has 6 heteroatoms. The Bertz CT molecular complexity index is 677. The molecule has 0 aliphatic heterocycles. The maximum atomic E-state index is 13.9. The molecule has 1 heterocycles. The molecule has 1 aromatic carbocycles. The van der Waals surface area contributed by atoms with E-state index in [2.05, 4.69) is 4.98 Å². The highest BCUT2D eigenvalue weighted by Gasteiger charge is 2.32. The van der Waals surface area contributed by atoms with E-state index in [1.807, 2.05) is 7.05 Å². The summed E-state index contributed by atoms with van der Waals surface area (Å²) in [7, 11) is 1.81. The number of hydrogen-bond donors (Lipinski definition) is 2. The number of nitriles is 1. The van der Waals surface area contributed by atoms with Crippen LogP contribution in [0.5, 0.6) is 0 Å². The first kappa shape index (κ1) is 15.2. The number of nitrogens with zero attached hydrogens (tertiary/aromatic N) is 3. The van der Waals surface area contributed by atoms with Crippen LogP contribution in [0.15, 0.2) is 30.7 Å². The van der Waals surface area contributed by atoms with Crippen molar-refractivity contribution in [2.45, 2.75) is 18.4 Å². The predicted molar refractivity (Wildman–Crippen MR) is 75.6 cm³/mol. The van der Waals surface area contributed by atoms with Gasteiger partial charge in [0.15, 0.2) is 0 Å². The monoisotopic (exact) mass is 288 g/mol. The Morgan fingerprint density at radius 2 is 2.29 bits per heavy atom. The third-order valence-electron chi connectivity index (χ3n) is 3.61. The van der Waals surface area contributed by atoms with Crippen LogP contribution in [0, 0.1) is 17.1 Å². The fourth-order valence-electron chi connectivity index (χ4n) is 2.45. The lowest BCUT2D eigenvalue weighted by atomic mass is 9.83. The van der Waals surface area contributed by atoms with E-state index in [1.54, 1.807) is 29.2 Å². The number of nitrogens with two attached hydrogens (primary N) is 1. The van der Waals surface area contributed by atoms with Crippen molar-refractivity contribution in [3.63, 3.8) is 0 Å². The van der Waals surface area contributed by atoms with Crippen LogP contribution in [0.25, 0.3) is 0 Å². The second-order valence-corrected chi connectivity index (χ2v) is 4.99. The lowest BCUT2D eigenvalue weighted by molar-refractivity contribution is 0.268. The van der Waals surface area contributed by atoms with Gasteiger partial charge < -0.3 is 15.4 Å². The van der Waals surface area contributed by atoms with Crippen molar-refractivity contribution in [1.82, 2.24) is 9.55 Å². The van der Waals surface area contributed by atoms with Crippen LogP contribution in [-0.4, -0.2) is 21.3 Å². The van der Waals surface area contributed by atoms with Crippen molar-refractivity contribution in [1.29, 1.82) is 5.26 Å². The molecule has 110 valence electrons. The zero-order chi connectivity index (χ0) is 15.5. The SMILES string of the molecule is Cn1cncc1C(N)(CCCO)c1ccc(C#N)c(F)c1. The van der Waals surface area contributed by atoms with Gasteiger partial charge in [-0.05, 0) is 30.5 Å². The quantitative estimate of drug-likeness (QED) is 0.870. The number of imidazole rings is 1. The molecule has 0 radical (unpaired) electrons. The Kier molecular flexibility index (Phi) is 4.36. The first-order valence-electron chi connectivity index (χ1n) is 6.59. The van der Waals surface area contributed by atoms with E-state index in [4.69, 9.17) is 16.1 Å². The predicted octanol–water partition coefficient (Wildman–Crippen LogP) is 1.41. The molecule has 0 saturated heterocycles. The zero-order valence-electron chi connectivity index (χ0n) is 11.8. The van der Waals surface area contributed by atoms with Crippen LogP contribution in [0.3, 0.4) is 0 Å². The summed E-state index contributed by atoms with van der Waals surface area (Å²) in [4.78, 5) is 4.05. The molecule has 5 nitrogen and oxygen atoms in total. The van der Waals surface area contributed by atoms with Crippen LogP contribution in [0.4, 0.5) is 4.39 Å². The first-order chi connectivity index (χ1) is 10.0. The van der Waals surface area contributed by atoms with Crippen molar-refractivity contribution >= 4 is 0 Å². The molecule has 0 aliphatic rings. The van der Waals surface area contributed by atoms with E-state index in [0.717, 1.165) is 5.69 Å². The number of halogens is 1. The summed E-state index contributed by atoms with van der Waals surface area (Å²) in [5.74, 6) is -0.601. The average Bonchev–Trinajstić information content (AvgIpc) is 2.91. The Labute approximate surface area is 122 Å². The third-order valence-corrected chi connectivity index (χ3v) is 3.61. The largest absolute Gasteiger partial charge is 0.396 e. The molecule has 0 spiro atoms. The average molecular weight is 288 g/mol. The lowest BCUT2D eigenvalue weighted by Crippen LogP contribution is -2.40. The van der Waals surface area contributed by atoms with Gasteiger partial charge in [0.05, 0.1) is 29.3 Å². The molecule has 0 bridgehead atoms. The molecular formula is C15H17FN4O. The molecule has 1 aromatic heterocycles. The normalized spacial score (nSPS) is 13.7. The van der Waals surface area contributed by atoms with Gasteiger partial charge in [-0.25, -0.2) is 9.37 Å². The molecule has 3 N–H and O–H groups in total. The Hall–Kier alpha value is -2.23. The van der Waals surface area contributed by atoms with Crippen LogP contribution >= 0.6 is 0 Å². The second kappa shape index (κ2) is 6.04. The van der Waals surface area contributed by atoms with E-state index >= 15 is 0 Å². The lowest BCUT2D eigenvalue weighted by Gasteiger charge is -2.30. The van der Waals surface area contributed by atoms with Crippen LogP contribution < -0.4 is 5.73 Å². The highest BCUT2D eigenvalue weighted by Crippen LogP contribution is 2.32. The summed E-state index contributed by atoms with van der Waals surface area (Å²) in [6.07, 6.45) is 4.17. The number of aromatic nitrogens is 2. The summed E-state index contributed by atoms with van der Waals surface area (Å²) in [5, 5.41) is 17.9. The van der Waals surface area contributed by atoms with Gasteiger partial charge in [0.2, 0.25) is 0 Å². The van der Waals surface area contributed by atoms with E-state index in [1.165, 1.54) is 12.1 Å². The van der Waals surface area contributed by atoms with Crippen LogP contribution in [0.2, 0.25) is 0 Å². The molecule has 2 rings (SSSR count). The topological polar surface area (TPSA) is 87.9 Å². The highest BCUT2D eigenvalue weighted by atomic mass is 19.1. The summed E-state index contributed by atoms with van der Waals surface area (Å²) < 4.78 is 15.7. The van der Waals surface area contributed by atoms with Gasteiger partial charge in [-0.1, -0.05) is 6.07 Å². The Morgan fingerprint density at radius 3 is 2.81 bits per heavy atom. The summed E-state index contributed by atoms with van der Waals surface area (Å²) in [6, 6.07) is 6.13. The van der Waals surface area contributed by atoms with Gasteiger partial charge in [-0.3, -0.25) is 0 Å². The van der Waals surface area contributed by atoms with Crippen molar-refractivity contribution in [2.75, 3.05) is 6.61 Å². The van der Waals surface area contributed by atoms with Gasteiger partial charge in [0, 0.05) is 13.7 Å². The molecule has 0 fully saturated rings. The number of benzene rings is 1. The molecule has 1 atom stereocenters. The summed E-state index contributed by atoms with van der Waals surface area (Å²) in [5.41, 5.74) is 6.80. The molecule has 0 aliphatic carbocycles. The molecule has 21 heavy (non-hydrogen) atoms. The zero-order valence-corrected chi connectivity index (χ0v) is 11.8. The minimum atomic E-state index is -0.969. The number of aliphatic hydroxyl groups excluding tert-OH is 1. The summed E-state index contributed by atoms with van der Waals surface area (Å²) in [6.45, 7) is -0.00440. The molecule has 0 amide bonds. The smallest absolute Gasteiger partial charge is 0.141 e. The van der Waals surface area contributed by atoms with E-state index in [-0.39, 0.29) is 12.2 Å². The summed E-state index contributed by atoms with van der Waals surface area (Å²) >= 11 is 0. The maximum Gasteiger partial charge on any atom is 0.141 e. The number of rotatable bonds is 5. The number of aliphatic hydroxyl groups is 1. The van der Waals surface area contributed by atoms with Crippen LogP contribution in [-0.2, 0) is 12.6 Å². The van der Waals surface area contributed by atoms with Gasteiger partial charge in [-0.2, -0.15) is 5.26 Å². The van der Waals surface area contributed by atoms with E-state index in [0.29, 0.717) is 18.4 Å². The molecule has 1 unspecified atom stereocenters. The van der Waals surface area contributed by atoms with Crippen LogP contribution in [0.1, 0.15) is 29.7 Å². The standard InChI is InChI=1S/C15H17FN4O/c1-20-10-19-9-14(20)15(18,5-2-6-21)12-4-3-11(8-17)13(16)7-12/h3-4,7,9-10,21H,2,5-6,18H2,1H3. The number of aryl methyl sites for hydroxylation is 1. The van der Waals surface area contributed by atoms with Gasteiger partial charge in [-0.15, -0.1) is 0 Å². The Balaban J connectivity index is 2.53. The van der Waals surface area contributed by atoms with Gasteiger partial charge in [0.1, 0.15) is 11.9 Å². The minimum absolute atomic E-state index is 0.00440. The van der Waals surface area contributed by atoms with E-state index < -0.39 is 11.4 Å². The molecular weight excluding hydrogens is 271 g/mol. The fraction of sp³-hybridized carbons (Fsp3) is 0.333. The van der Waals surface area contributed by atoms with Crippen molar-refractivity contribution in [3.8, 4) is 6.07 Å². The highest BCUT2D eigenvalue weighted by molar-refractivity contribution is 5.40. The van der Waals surface area contributed by atoms with Crippen molar-refractivity contribution in [2.24, 2.45) is 12.8 Å². The minimum Gasteiger partial charge on any atom is -0.396 e. The Morgan fingerprint density at radius 1 is 1.52 bits per heavy atom. The fourth-order valence-corrected chi connectivity index (χ4v) is 2.45. The van der Waals surface area contributed by atoms with Gasteiger partial charge in [0.25, 0.3) is 0 Å². The van der Waals surface area contributed by atoms with Crippen molar-refractivity contribution < 1.29 is 9.50 Å². The molecule has 2 aromatic rings. The maximum absolute atomic E-state index is 13.9. The second-order valence-electron chi connectivity index (χ2n) is 4.99. The molecule has 0 saturated carbocycles. The number of hydrogen-bond acceptors (Lipinski definition) is 4. The van der Waals surface area contributed by atoms with Crippen molar-refractivity contribution in [3.05, 3.63) is 53.4 Å². The van der Waals surface area contributed by atoms with E-state index in [9.17, 15) is 4.39 Å². The third kappa shape index (κ3) is 2.79. The van der Waals surface area contributed by atoms with Gasteiger partial charge >= 0.3 is 0 Å². The first-order valence-corrected chi connectivity index (χ1v) is 6.59.